The van der Waals surface area contributed by atoms with Crippen LogP contribution >= 0.6 is 11.3 Å². The Morgan fingerprint density at radius 2 is 2.10 bits per heavy atom. The topological polar surface area (TPSA) is 39.7 Å². The Morgan fingerprint density at radius 1 is 1.30 bits per heavy atom. The highest BCUT2D eigenvalue weighted by atomic mass is 32.1. The summed E-state index contributed by atoms with van der Waals surface area (Å²) in [5, 5.41) is 8.87. The second-order valence-electron chi connectivity index (χ2n) is 4.81. The maximum atomic E-state index is 4.27. The minimum atomic E-state index is 0.843. The quantitative estimate of drug-likeness (QED) is 0.572. The second kappa shape index (κ2) is 9.77. The fourth-order valence-electron chi connectivity index (χ4n) is 2.05. The summed E-state index contributed by atoms with van der Waals surface area (Å²) in [5.74, 6) is 0.880. The maximum absolute atomic E-state index is 4.27. The van der Waals surface area contributed by atoms with Gasteiger partial charge in [0.05, 0.1) is 6.54 Å². The number of hydrogen-bond donors (Lipinski definition) is 2. The van der Waals surface area contributed by atoms with Crippen molar-refractivity contribution in [3.63, 3.8) is 0 Å². The van der Waals surface area contributed by atoms with Crippen molar-refractivity contribution in [2.45, 2.75) is 33.7 Å². The van der Waals surface area contributed by atoms with Crippen LogP contribution in [-0.2, 0) is 6.54 Å². The Balaban J connectivity index is 2.28. The molecule has 0 amide bonds. The van der Waals surface area contributed by atoms with Gasteiger partial charge in [-0.15, -0.1) is 11.3 Å². The van der Waals surface area contributed by atoms with E-state index in [4.69, 9.17) is 0 Å². The lowest BCUT2D eigenvalue weighted by Gasteiger charge is -2.20. The van der Waals surface area contributed by atoms with Crippen LogP contribution in [0.5, 0.6) is 0 Å². The summed E-state index contributed by atoms with van der Waals surface area (Å²) in [6.45, 7) is 11.7. The second-order valence-corrected chi connectivity index (χ2v) is 5.81. The van der Waals surface area contributed by atoms with Crippen LogP contribution in [0.25, 0.3) is 0 Å². The van der Waals surface area contributed by atoms with Gasteiger partial charge in [-0.3, -0.25) is 4.99 Å². The number of hydrogen-bond acceptors (Lipinski definition) is 3. The summed E-state index contributed by atoms with van der Waals surface area (Å²) in [6, 6.07) is 2.15. The highest BCUT2D eigenvalue weighted by Gasteiger charge is 2.03. The predicted octanol–water partition coefficient (Wildman–Crippen LogP) is 2.45. The van der Waals surface area contributed by atoms with E-state index < -0.39 is 0 Å². The van der Waals surface area contributed by atoms with E-state index in [0.717, 1.165) is 32.1 Å². The van der Waals surface area contributed by atoms with Crippen molar-refractivity contribution < 1.29 is 0 Å². The Morgan fingerprint density at radius 3 is 2.65 bits per heavy atom. The van der Waals surface area contributed by atoms with Crippen LogP contribution in [0.4, 0.5) is 0 Å². The maximum Gasteiger partial charge on any atom is 0.191 e. The number of guanidine groups is 1. The van der Waals surface area contributed by atoms with E-state index in [0.29, 0.717) is 0 Å². The van der Waals surface area contributed by atoms with E-state index in [1.807, 2.05) is 7.05 Å². The number of likely N-dealkylation sites (N-methyl/N-ethyl adjacent to an activating group) is 1. The monoisotopic (exact) mass is 296 g/mol. The summed E-state index contributed by atoms with van der Waals surface area (Å²) in [7, 11) is 1.82. The molecule has 1 heterocycles. The first-order valence-electron chi connectivity index (χ1n) is 7.41. The number of aliphatic imine (C=N–C) groups is 1. The molecule has 1 aromatic heterocycles. The van der Waals surface area contributed by atoms with Gasteiger partial charge in [0.1, 0.15) is 0 Å². The third-order valence-electron chi connectivity index (χ3n) is 3.32. The van der Waals surface area contributed by atoms with E-state index in [9.17, 15) is 0 Å². The van der Waals surface area contributed by atoms with Gasteiger partial charge in [-0.25, -0.2) is 0 Å². The third-order valence-corrected chi connectivity index (χ3v) is 4.34. The lowest BCUT2D eigenvalue weighted by molar-refractivity contribution is 0.293. The molecule has 0 saturated heterocycles. The fraction of sp³-hybridized carbons (Fsp3) is 0.667. The molecule has 0 spiro atoms. The number of nitrogens with zero attached hydrogens (tertiary/aromatic N) is 2. The molecule has 0 unspecified atom stereocenters. The SMILES string of the molecule is CCCN(CC)CCNC(=NC)NCc1sccc1C. The van der Waals surface area contributed by atoms with Crippen LogP contribution in [0.1, 0.15) is 30.7 Å². The zero-order valence-corrected chi connectivity index (χ0v) is 14.0. The van der Waals surface area contributed by atoms with Crippen molar-refractivity contribution in [2.75, 3.05) is 33.2 Å². The molecule has 0 fully saturated rings. The predicted molar refractivity (Wildman–Crippen MR) is 89.7 cm³/mol. The smallest absolute Gasteiger partial charge is 0.191 e. The van der Waals surface area contributed by atoms with Gasteiger partial charge in [0.15, 0.2) is 5.96 Å². The van der Waals surface area contributed by atoms with E-state index in [1.54, 1.807) is 11.3 Å². The molecule has 1 aromatic rings. The lowest BCUT2D eigenvalue weighted by atomic mass is 10.3. The Labute approximate surface area is 127 Å². The molecule has 0 aliphatic carbocycles. The molecule has 0 radical (unpaired) electrons. The average Bonchev–Trinajstić information content (AvgIpc) is 2.86. The molecule has 0 aliphatic heterocycles. The van der Waals surface area contributed by atoms with Crippen LogP contribution in [0, 0.1) is 6.92 Å². The van der Waals surface area contributed by atoms with Gasteiger partial charge in [-0.1, -0.05) is 13.8 Å². The first kappa shape index (κ1) is 17.0. The van der Waals surface area contributed by atoms with E-state index in [1.165, 1.54) is 23.4 Å². The molecule has 0 bridgehead atoms. The number of thiophene rings is 1. The molecule has 1 rings (SSSR count). The molecular formula is C15H28N4S. The van der Waals surface area contributed by atoms with Crippen molar-refractivity contribution >= 4 is 17.3 Å². The molecule has 0 saturated carbocycles. The minimum absolute atomic E-state index is 0.843. The number of rotatable bonds is 8. The molecule has 20 heavy (non-hydrogen) atoms. The molecule has 0 atom stereocenters. The van der Waals surface area contributed by atoms with Gasteiger partial charge in [-0.2, -0.15) is 0 Å². The van der Waals surface area contributed by atoms with Gasteiger partial charge in [0.2, 0.25) is 0 Å². The number of aryl methyl sites for hydroxylation is 1. The van der Waals surface area contributed by atoms with E-state index >= 15 is 0 Å². The van der Waals surface area contributed by atoms with Crippen molar-refractivity contribution in [2.24, 2.45) is 4.99 Å². The summed E-state index contributed by atoms with van der Waals surface area (Å²) >= 11 is 1.79. The van der Waals surface area contributed by atoms with Crippen molar-refractivity contribution in [1.29, 1.82) is 0 Å². The van der Waals surface area contributed by atoms with Crippen molar-refractivity contribution in [3.05, 3.63) is 21.9 Å². The molecule has 114 valence electrons. The van der Waals surface area contributed by atoms with Gasteiger partial charge in [0.25, 0.3) is 0 Å². The van der Waals surface area contributed by atoms with Crippen LogP contribution in [0.15, 0.2) is 16.4 Å². The highest BCUT2D eigenvalue weighted by molar-refractivity contribution is 7.10. The zero-order valence-electron chi connectivity index (χ0n) is 13.2. The fourth-order valence-corrected chi connectivity index (χ4v) is 2.89. The first-order valence-corrected chi connectivity index (χ1v) is 8.29. The summed E-state index contributed by atoms with van der Waals surface area (Å²) < 4.78 is 0. The lowest BCUT2D eigenvalue weighted by Crippen LogP contribution is -2.41. The number of nitrogens with one attached hydrogen (secondary N) is 2. The van der Waals surface area contributed by atoms with Gasteiger partial charge in [-0.05, 0) is 43.4 Å². The van der Waals surface area contributed by atoms with Crippen LogP contribution in [-0.4, -0.2) is 44.1 Å². The van der Waals surface area contributed by atoms with E-state index in [-0.39, 0.29) is 0 Å². The van der Waals surface area contributed by atoms with Crippen LogP contribution in [0.3, 0.4) is 0 Å². The van der Waals surface area contributed by atoms with E-state index in [2.05, 4.69) is 52.7 Å². The third kappa shape index (κ3) is 5.92. The first-order chi connectivity index (χ1) is 9.71. The Hall–Kier alpha value is -1.07. The van der Waals surface area contributed by atoms with Crippen LogP contribution < -0.4 is 10.6 Å². The minimum Gasteiger partial charge on any atom is -0.355 e. The normalized spacial score (nSPS) is 11.9. The van der Waals surface area contributed by atoms with Crippen molar-refractivity contribution in [3.8, 4) is 0 Å². The molecule has 0 aromatic carbocycles. The summed E-state index contributed by atoms with van der Waals surface area (Å²) in [4.78, 5) is 8.08. The standard InChI is InChI=1S/C15H28N4S/c1-5-9-19(6-2)10-8-17-15(16-4)18-12-14-13(3)7-11-20-14/h7,11H,5-6,8-10,12H2,1-4H3,(H2,16,17,18). The summed E-state index contributed by atoms with van der Waals surface area (Å²) in [6.07, 6.45) is 1.21. The zero-order chi connectivity index (χ0) is 14.8. The summed E-state index contributed by atoms with van der Waals surface area (Å²) in [5.41, 5.74) is 1.35. The molecule has 2 N–H and O–H groups in total. The average molecular weight is 296 g/mol. The van der Waals surface area contributed by atoms with Crippen molar-refractivity contribution in [1.82, 2.24) is 15.5 Å². The Bertz CT molecular complexity index is 400. The molecule has 0 aliphatic rings. The molecular weight excluding hydrogens is 268 g/mol. The van der Waals surface area contributed by atoms with Gasteiger partial charge >= 0.3 is 0 Å². The van der Waals surface area contributed by atoms with Gasteiger partial charge < -0.3 is 15.5 Å². The van der Waals surface area contributed by atoms with Gasteiger partial charge in [0, 0.05) is 25.0 Å². The largest absolute Gasteiger partial charge is 0.355 e. The molecule has 4 nitrogen and oxygen atoms in total. The Kier molecular flexibility index (Phi) is 8.30. The molecule has 5 heteroatoms. The van der Waals surface area contributed by atoms with Crippen LogP contribution in [0.2, 0.25) is 0 Å². The highest BCUT2D eigenvalue weighted by Crippen LogP contribution is 2.14.